The van der Waals surface area contributed by atoms with Crippen molar-refractivity contribution in [1.82, 2.24) is 15.1 Å². The van der Waals surface area contributed by atoms with E-state index in [-0.39, 0.29) is 6.04 Å². The van der Waals surface area contributed by atoms with Gasteiger partial charge in [-0.05, 0) is 37.8 Å². The van der Waals surface area contributed by atoms with Gasteiger partial charge in [-0.2, -0.15) is 5.10 Å². The van der Waals surface area contributed by atoms with E-state index in [2.05, 4.69) is 20.0 Å². The molecule has 7 heteroatoms. The fraction of sp³-hybridized carbons (Fsp3) is 0.550. The van der Waals surface area contributed by atoms with Gasteiger partial charge in [0, 0.05) is 42.9 Å². The molecule has 0 radical (unpaired) electrons. The largest absolute Gasteiger partial charge is 0.493 e. The average molecular weight is 370 g/mol. The van der Waals surface area contributed by atoms with Crippen molar-refractivity contribution in [2.75, 3.05) is 38.8 Å². The maximum absolute atomic E-state index is 12.4. The zero-order valence-electron chi connectivity index (χ0n) is 16.0. The van der Waals surface area contributed by atoms with Crippen molar-refractivity contribution in [3.63, 3.8) is 0 Å². The van der Waals surface area contributed by atoms with E-state index in [1.807, 2.05) is 12.1 Å². The maximum atomic E-state index is 12.4. The quantitative estimate of drug-likeness (QED) is 0.824. The van der Waals surface area contributed by atoms with Crippen LogP contribution in [0, 0.1) is 0 Å². The standard InChI is InChI=1S/C20H26N4O3/c1-26-17-10-14-12-21-22-20(16(14)11-18(17)27-2)23-8-5-6-15(13-23)24-9-4-3-7-19(24)25/h10-12,15H,3-9,13H2,1-2H3/t15-/m1/s1. The predicted molar refractivity (Wildman–Crippen MR) is 103 cm³/mol. The second kappa shape index (κ2) is 7.58. The molecule has 1 aromatic heterocycles. The van der Waals surface area contributed by atoms with E-state index in [1.165, 1.54) is 0 Å². The van der Waals surface area contributed by atoms with Crippen LogP contribution in [0.5, 0.6) is 11.5 Å². The van der Waals surface area contributed by atoms with Crippen LogP contribution in [0.15, 0.2) is 18.3 Å². The summed E-state index contributed by atoms with van der Waals surface area (Å²) in [6.07, 6.45) is 6.64. The molecule has 27 heavy (non-hydrogen) atoms. The number of carbonyl (C=O) groups is 1. The van der Waals surface area contributed by atoms with Crippen molar-refractivity contribution < 1.29 is 14.3 Å². The minimum atomic E-state index is 0.253. The van der Waals surface area contributed by atoms with Crippen LogP contribution in [0.4, 0.5) is 5.82 Å². The van der Waals surface area contributed by atoms with Gasteiger partial charge in [0.05, 0.1) is 20.4 Å². The summed E-state index contributed by atoms with van der Waals surface area (Å²) in [6.45, 7) is 2.60. The average Bonchev–Trinajstić information content (AvgIpc) is 2.72. The molecule has 2 aliphatic heterocycles. The molecule has 0 saturated carbocycles. The van der Waals surface area contributed by atoms with Gasteiger partial charge in [-0.15, -0.1) is 5.10 Å². The number of benzene rings is 1. The number of carbonyl (C=O) groups excluding carboxylic acids is 1. The van der Waals surface area contributed by atoms with Crippen LogP contribution >= 0.6 is 0 Å². The number of aromatic nitrogens is 2. The van der Waals surface area contributed by atoms with Gasteiger partial charge in [0.2, 0.25) is 5.91 Å². The molecule has 2 aromatic rings. The third-order valence-corrected chi connectivity index (χ3v) is 5.64. The fourth-order valence-corrected chi connectivity index (χ4v) is 4.24. The van der Waals surface area contributed by atoms with Gasteiger partial charge in [0.25, 0.3) is 0 Å². The van der Waals surface area contributed by atoms with Crippen molar-refractivity contribution in [1.29, 1.82) is 0 Å². The number of anilines is 1. The SMILES string of the molecule is COc1cc2cnnc(N3CCC[C@@H](N4CCCCC4=O)C3)c2cc1OC. The van der Waals surface area contributed by atoms with Gasteiger partial charge < -0.3 is 19.3 Å². The molecule has 144 valence electrons. The maximum Gasteiger partial charge on any atom is 0.222 e. The van der Waals surface area contributed by atoms with E-state index in [0.717, 1.165) is 61.9 Å². The second-order valence-corrected chi connectivity index (χ2v) is 7.25. The predicted octanol–water partition coefficient (Wildman–Crippen LogP) is 2.63. The first-order valence-electron chi connectivity index (χ1n) is 9.63. The van der Waals surface area contributed by atoms with Crippen LogP contribution in [0.1, 0.15) is 32.1 Å². The first kappa shape index (κ1) is 17.8. The van der Waals surface area contributed by atoms with Gasteiger partial charge in [-0.25, -0.2) is 0 Å². The molecular weight excluding hydrogens is 344 g/mol. The van der Waals surface area contributed by atoms with E-state index >= 15 is 0 Å². The Bertz CT molecular complexity index is 841. The number of hydrogen-bond donors (Lipinski definition) is 0. The molecule has 1 atom stereocenters. The molecule has 0 unspecified atom stereocenters. The molecule has 0 aliphatic carbocycles. The number of nitrogens with zero attached hydrogens (tertiary/aromatic N) is 4. The molecule has 0 bridgehead atoms. The fourth-order valence-electron chi connectivity index (χ4n) is 4.24. The molecule has 4 rings (SSSR count). The van der Waals surface area contributed by atoms with Crippen LogP contribution in [0.25, 0.3) is 10.8 Å². The molecular formula is C20H26N4O3. The van der Waals surface area contributed by atoms with Gasteiger partial charge >= 0.3 is 0 Å². The summed E-state index contributed by atoms with van der Waals surface area (Å²) in [4.78, 5) is 16.7. The topological polar surface area (TPSA) is 67.8 Å². The number of piperidine rings is 2. The summed E-state index contributed by atoms with van der Waals surface area (Å²) >= 11 is 0. The number of likely N-dealkylation sites (tertiary alicyclic amines) is 1. The number of amides is 1. The van der Waals surface area contributed by atoms with Crippen molar-refractivity contribution in [3.8, 4) is 11.5 Å². The molecule has 1 aromatic carbocycles. The molecule has 1 amide bonds. The van der Waals surface area contributed by atoms with E-state index in [1.54, 1.807) is 20.4 Å². The lowest BCUT2D eigenvalue weighted by molar-refractivity contribution is -0.135. The molecule has 0 spiro atoms. The van der Waals surface area contributed by atoms with Crippen molar-refractivity contribution in [2.24, 2.45) is 0 Å². The first-order valence-corrected chi connectivity index (χ1v) is 9.63. The Morgan fingerprint density at radius 2 is 1.89 bits per heavy atom. The number of rotatable bonds is 4. The lowest BCUT2D eigenvalue weighted by atomic mass is 10.00. The number of methoxy groups -OCH3 is 2. The van der Waals surface area contributed by atoms with Gasteiger partial charge in [0.1, 0.15) is 0 Å². The molecule has 3 heterocycles. The van der Waals surface area contributed by atoms with E-state index in [0.29, 0.717) is 23.8 Å². The summed E-state index contributed by atoms with van der Waals surface area (Å²) in [6, 6.07) is 4.15. The zero-order chi connectivity index (χ0) is 18.8. The highest BCUT2D eigenvalue weighted by atomic mass is 16.5. The molecule has 2 aliphatic rings. The molecule has 2 fully saturated rings. The van der Waals surface area contributed by atoms with Gasteiger partial charge in [0.15, 0.2) is 17.3 Å². The van der Waals surface area contributed by atoms with Gasteiger partial charge in [-0.3, -0.25) is 4.79 Å². The van der Waals surface area contributed by atoms with Crippen molar-refractivity contribution in [3.05, 3.63) is 18.3 Å². The van der Waals surface area contributed by atoms with E-state index in [9.17, 15) is 4.79 Å². The lowest BCUT2D eigenvalue weighted by Crippen LogP contribution is -2.52. The van der Waals surface area contributed by atoms with Crippen LogP contribution in [0.2, 0.25) is 0 Å². The molecule has 0 N–H and O–H groups in total. The van der Waals surface area contributed by atoms with Crippen molar-refractivity contribution >= 4 is 22.5 Å². The van der Waals surface area contributed by atoms with Crippen LogP contribution < -0.4 is 14.4 Å². The van der Waals surface area contributed by atoms with E-state index < -0.39 is 0 Å². The minimum Gasteiger partial charge on any atom is -0.493 e. The van der Waals surface area contributed by atoms with Crippen LogP contribution in [0.3, 0.4) is 0 Å². The highest BCUT2D eigenvalue weighted by Crippen LogP contribution is 2.36. The summed E-state index contributed by atoms with van der Waals surface area (Å²) in [5.74, 6) is 2.50. The third-order valence-electron chi connectivity index (χ3n) is 5.64. The Morgan fingerprint density at radius 3 is 2.67 bits per heavy atom. The Balaban J connectivity index is 1.66. The van der Waals surface area contributed by atoms with Crippen molar-refractivity contribution in [2.45, 2.75) is 38.1 Å². The first-order chi connectivity index (χ1) is 13.2. The highest BCUT2D eigenvalue weighted by molar-refractivity contribution is 5.94. The Labute approximate surface area is 159 Å². The second-order valence-electron chi connectivity index (χ2n) is 7.25. The van der Waals surface area contributed by atoms with Gasteiger partial charge in [-0.1, -0.05) is 0 Å². The Kier molecular flexibility index (Phi) is 5.01. The Morgan fingerprint density at radius 1 is 1.07 bits per heavy atom. The number of fused-ring (bicyclic) bond motifs is 1. The molecule has 7 nitrogen and oxygen atoms in total. The number of hydrogen-bond acceptors (Lipinski definition) is 6. The summed E-state index contributed by atoms with van der Waals surface area (Å²) in [7, 11) is 3.26. The van der Waals surface area contributed by atoms with Crippen LogP contribution in [-0.4, -0.2) is 60.9 Å². The smallest absolute Gasteiger partial charge is 0.222 e. The summed E-state index contributed by atoms with van der Waals surface area (Å²) < 4.78 is 10.9. The third kappa shape index (κ3) is 3.38. The van der Waals surface area contributed by atoms with E-state index in [4.69, 9.17) is 9.47 Å². The summed E-state index contributed by atoms with van der Waals surface area (Å²) in [5, 5.41) is 10.6. The monoisotopic (exact) mass is 370 g/mol. The Hall–Kier alpha value is -2.57. The zero-order valence-corrected chi connectivity index (χ0v) is 16.0. The van der Waals surface area contributed by atoms with Crippen LogP contribution in [-0.2, 0) is 4.79 Å². The molecule has 2 saturated heterocycles. The number of ether oxygens (including phenoxy) is 2. The normalized spacial score (nSPS) is 20.8. The summed E-state index contributed by atoms with van der Waals surface area (Å²) in [5.41, 5.74) is 0. The minimum absolute atomic E-state index is 0.253. The highest BCUT2D eigenvalue weighted by Gasteiger charge is 2.31. The lowest BCUT2D eigenvalue weighted by Gasteiger charge is -2.41.